The van der Waals surface area contributed by atoms with Crippen molar-refractivity contribution in [1.29, 1.82) is 0 Å². The van der Waals surface area contributed by atoms with E-state index in [1.807, 2.05) is 24.3 Å². The third-order valence-electron chi connectivity index (χ3n) is 4.59. The van der Waals surface area contributed by atoms with Crippen LogP contribution in [0.2, 0.25) is 0 Å². The molecule has 2 aliphatic heterocycles. The minimum absolute atomic E-state index is 0.244. The van der Waals surface area contributed by atoms with Crippen LogP contribution in [0.5, 0.6) is 0 Å². The standard InChI is InChI=1S/C16H23N3O/c1-12-10-18-8-2-3-15(18)11-19(12)16(20)9-13-4-6-14(17)7-5-13/h4-7,12,15H,2-3,8-11,17H2,1H3. The Balaban J connectivity index is 1.65. The first kappa shape index (κ1) is 13.4. The average Bonchev–Trinajstić information content (AvgIpc) is 2.87. The summed E-state index contributed by atoms with van der Waals surface area (Å²) in [5, 5.41) is 0. The zero-order valence-corrected chi connectivity index (χ0v) is 12.1. The molecule has 2 aliphatic rings. The van der Waals surface area contributed by atoms with E-state index in [-0.39, 0.29) is 5.91 Å². The van der Waals surface area contributed by atoms with Crippen molar-refractivity contribution in [2.24, 2.45) is 0 Å². The van der Waals surface area contributed by atoms with E-state index >= 15 is 0 Å². The SMILES string of the molecule is CC1CN2CCCC2CN1C(=O)Cc1ccc(N)cc1. The smallest absolute Gasteiger partial charge is 0.227 e. The van der Waals surface area contributed by atoms with Crippen LogP contribution < -0.4 is 5.73 Å². The monoisotopic (exact) mass is 273 g/mol. The van der Waals surface area contributed by atoms with Gasteiger partial charge in [0.2, 0.25) is 5.91 Å². The van der Waals surface area contributed by atoms with Crippen LogP contribution in [0.1, 0.15) is 25.3 Å². The summed E-state index contributed by atoms with van der Waals surface area (Å²) >= 11 is 0. The van der Waals surface area contributed by atoms with Crippen LogP contribution in [0.4, 0.5) is 5.69 Å². The van der Waals surface area contributed by atoms with Crippen molar-refractivity contribution in [3.63, 3.8) is 0 Å². The molecule has 0 spiro atoms. The van der Waals surface area contributed by atoms with E-state index in [2.05, 4.69) is 16.7 Å². The lowest BCUT2D eigenvalue weighted by Gasteiger charge is -2.42. The first-order valence-electron chi connectivity index (χ1n) is 7.51. The molecule has 108 valence electrons. The second-order valence-corrected chi connectivity index (χ2v) is 6.10. The van der Waals surface area contributed by atoms with Crippen LogP contribution in [-0.2, 0) is 11.2 Å². The van der Waals surface area contributed by atoms with Crippen LogP contribution in [-0.4, -0.2) is 47.4 Å². The van der Waals surface area contributed by atoms with E-state index in [1.54, 1.807) is 0 Å². The Labute approximate surface area is 120 Å². The number of hydrogen-bond donors (Lipinski definition) is 1. The normalized spacial score (nSPS) is 26.6. The first-order valence-corrected chi connectivity index (χ1v) is 7.51. The molecule has 2 saturated heterocycles. The molecule has 0 aromatic heterocycles. The van der Waals surface area contributed by atoms with Gasteiger partial charge >= 0.3 is 0 Å². The number of carbonyl (C=O) groups is 1. The number of nitrogen functional groups attached to an aromatic ring is 1. The van der Waals surface area contributed by atoms with Crippen LogP contribution in [0.25, 0.3) is 0 Å². The van der Waals surface area contributed by atoms with E-state index < -0.39 is 0 Å². The minimum Gasteiger partial charge on any atom is -0.399 e. The zero-order chi connectivity index (χ0) is 14.1. The number of nitrogens with zero attached hydrogens (tertiary/aromatic N) is 2. The molecule has 4 nitrogen and oxygen atoms in total. The maximum atomic E-state index is 12.5. The summed E-state index contributed by atoms with van der Waals surface area (Å²) in [6, 6.07) is 8.53. The number of fused-ring (bicyclic) bond motifs is 1. The highest BCUT2D eigenvalue weighted by atomic mass is 16.2. The summed E-state index contributed by atoms with van der Waals surface area (Å²) < 4.78 is 0. The quantitative estimate of drug-likeness (QED) is 0.831. The maximum Gasteiger partial charge on any atom is 0.227 e. The number of rotatable bonds is 2. The van der Waals surface area contributed by atoms with Crippen LogP contribution in [0.3, 0.4) is 0 Å². The molecule has 3 rings (SSSR count). The van der Waals surface area contributed by atoms with Gasteiger partial charge in [-0.15, -0.1) is 0 Å². The van der Waals surface area contributed by atoms with Crippen molar-refractivity contribution in [1.82, 2.24) is 9.80 Å². The zero-order valence-electron chi connectivity index (χ0n) is 12.1. The van der Waals surface area contributed by atoms with Gasteiger partial charge in [-0.25, -0.2) is 0 Å². The maximum absolute atomic E-state index is 12.5. The number of carbonyl (C=O) groups excluding carboxylic acids is 1. The van der Waals surface area contributed by atoms with Gasteiger partial charge in [0.25, 0.3) is 0 Å². The second kappa shape index (κ2) is 5.44. The third-order valence-corrected chi connectivity index (χ3v) is 4.59. The number of benzene rings is 1. The Morgan fingerprint density at radius 1 is 1.30 bits per heavy atom. The average molecular weight is 273 g/mol. The summed E-state index contributed by atoms with van der Waals surface area (Å²) in [6.07, 6.45) is 2.99. The highest BCUT2D eigenvalue weighted by Gasteiger charge is 2.36. The predicted octanol–water partition coefficient (Wildman–Crippen LogP) is 1.51. The highest BCUT2D eigenvalue weighted by molar-refractivity contribution is 5.79. The Bertz CT molecular complexity index is 485. The summed E-state index contributed by atoms with van der Waals surface area (Å²) in [5.41, 5.74) is 7.47. The molecule has 0 aliphatic carbocycles. The molecular weight excluding hydrogens is 250 g/mol. The van der Waals surface area contributed by atoms with Crippen LogP contribution in [0, 0.1) is 0 Å². The largest absolute Gasteiger partial charge is 0.399 e. The molecule has 20 heavy (non-hydrogen) atoms. The third kappa shape index (κ3) is 2.66. The number of piperazine rings is 1. The molecule has 2 heterocycles. The summed E-state index contributed by atoms with van der Waals surface area (Å²) in [4.78, 5) is 17.1. The van der Waals surface area contributed by atoms with Crippen LogP contribution in [0.15, 0.2) is 24.3 Å². The Morgan fingerprint density at radius 3 is 2.80 bits per heavy atom. The Morgan fingerprint density at radius 2 is 2.05 bits per heavy atom. The number of anilines is 1. The highest BCUT2D eigenvalue weighted by Crippen LogP contribution is 2.25. The molecule has 2 unspecified atom stereocenters. The molecule has 2 atom stereocenters. The lowest BCUT2D eigenvalue weighted by atomic mass is 10.1. The molecular formula is C16H23N3O. The molecule has 2 fully saturated rings. The number of nitrogens with two attached hydrogens (primary N) is 1. The fourth-order valence-electron chi connectivity index (χ4n) is 3.45. The van der Waals surface area contributed by atoms with Crippen molar-refractivity contribution in [2.45, 2.75) is 38.3 Å². The van der Waals surface area contributed by atoms with Crippen molar-refractivity contribution >= 4 is 11.6 Å². The number of amides is 1. The van der Waals surface area contributed by atoms with Gasteiger partial charge in [-0.3, -0.25) is 9.69 Å². The van der Waals surface area contributed by atoms with Gasteiger partial charge in [-0.1, -0.05) is 12.1 Å². The Hall–Kier alpha value is -1.55. The Kier molecular flexibility index (Phi) is 3.66. The van der Waals surface area contributed by atoms with Crippen molar-refractivity contribution < 1.29 is 4.79 Å². The van der Waals surface area contributed by atoms with E-state index in [1.165, 1.54) is 19.4 Å². The van der Waals surface area contributed by atoms with Gasteiger partial charge in [0.1, 0.15) is 0 Å². The van der Waals surface area contributed by atoms with Gasteiger partial charge in [0.15, 0.2) is 0 Å². The topological polar surface area (TPSA) is 49.6 Å². The lowest BCUT2D eigenvalue weighted by molar-refractivity contribution is -0.136. The van der Waals surface area contributed by atoms with Crippen LogP contribution >= 0.6 is 0 Å². The molecule has 1 aromatic carbocycles. The summed E-state index contributed by atoms with van der Waals surface area (Å²) in [7, 11) is 0. The van der Waals surface area contributed by atoms with Crippen molar-refractivity contribution in [2.75, 3.05) is 25.4 Å². The minimum atomic E-state index is 0.244. The molecule has 1 aromatic rings. The molecule has 0 radical (unpaired) electrons. The molecule has 2 N–H and O–H groups in total. The van der Waals surface area contributed by atoms with Crippen molar-refractivity contribution in [3.05, 3.63) is 29.8 Å². The lowest BCUT2D eigenvalue weighted by Crippen LogP contribution is -2.57. The molecule has 0 saturated carbocycles. The number of hydrogen-bond acceptors (Lipinski definition) is 3. The first-order chi connectivity index (χ1) is 9.63. The second-order valence-electron chi connectivity index (χ2n) is 6.10. The van der Waals surface area contributed by atoms with Gasteiger partial charge < -0.3 is 10.6 Å². The molecule has 1 amide bonds. The van der Waals surface area contributed by atoms with Gasteiger partial charge in [-0.2, -0.15) is 0 Å². The fraction of sp³-hybridized carbons (Fsp3) is 0.562. The molecule has 0 bridgehead atoms. The summed E-state index contributed by atoms with van der Waals surface area (Å²) in [5.74, 6) is 0.244. The molecule has 4 heteroatoms. The predicted molar refractivity (Wildman–Crippen MR) is 80.3 cm³/mol. The van der Waals surface area contributed by atoms with E-state index in [9.17, 15) is 4.79 Å². The fourth-order valence-corrected chi connectivity index (χ4v) is 3.45. The van der Waals surface area contributed by atoms with E-state index in [4.69, 9.17) is 5.73 Å². The van der Waals surface area contributed by atoms with E-state index in [0.717, 1.165) is 24.3 Å². The van der Waals surface area contributed by atoms with Gasteiger partial charge in [0.05, 0.1) is 6.42 Å². The van der Waals surface area contributed by atoms with Gasteiger partial charge in [-0.05, 0) is 44.0 Å². The van der Waals surface area contributed by atoms with Crippen molar-refractivity contribution in [3.8, 4) is 0 Å². The summed E-state index contributed by atoms with van der Waals surface area (Å²) in [6.45, 7) is 5.29. The van der Waals surface area contributed by atoms with E-state index in [0.29, 0.717) is 18.5 Å². The van der Waals surface area contributed by atoms with Gasteiger partial charge in [0, 0.05) is 30.9 Å².